The Hall–Kier alpha value is -1.52. The minimum Gasteiger partial charge on any atom is -0.320 e. The molecule has 1 unspecified atom stereocenters. The first-order valence-corrected chi connectivity index (χ1v) is 5.52. The monoisotopic (exact) mass is 271 g/mol. The lowest BCUT2D eigenvalue weighted by molar-refractivity contribution is 0.557. The first kappa shape index (κ1) is 12.9. The number of hydrogen-bond acceptors (Lipinski definition) is 1. The van der Waals surface area contributed by atoms with E-state index in [1.807, 2.05) is 0 Å². The van der Waals surface area contributed by atoms with E-state index in [2.05, 4.69) is 0 Å². The van der Waals surface area contributed by atoms with Crippen LogP contribution in [0.5, 0.6) is 0 Å². The molecular formula is C13H9ClF3N. The Morgan fingerprint density at radius 3 is 2.28 bits per heavy atom. The summed E-state index contributed by atoms with van der Waals surface area (Å²) >= 11 is 5.74. The summed E-state index contributed by atoms with van der Waals surface area (Å²) < 4.78 is 39.9. The Bertz CT molecular complexity index is 586. The standard InChI is InChI=1S/C13H9ClF3N/c14-7-1-4-11(16)10(5-7)13(18)9-3-2-8(15)6-12(9)17/h1-6,13H,18H2. The molecule has 2 aromatic rings. The van der Waals surface area contributed by atoms with Crippen molar-refractivity contribution in [2.75, 3.05) is 0 Å². The van der Waals surface area contributed by atoms with Crippen LogP contribution in [0.4, 0.5) is 13.2 Å². The van der Waals surface area contributed by atoms with E-state index >= 15 is 0 Å². The molecule has 0 saturated heterocycles. The molecule has 94 valence electrons. The van der Waals surface area contributed by atoms with Crippen molar-refractivity contribution in [2.24, 2.45) is 5.73 Å². The Balaban J connectivity index is 2.47. The summed E-state index contributed by atoms with van der Waals surface area (Å²) in [7, 11) is 0. The number of hydrogen-bond donors (Lipinski definition) is 1. The van der Waals surface area contributed by atoms with Gasteiger partial charge in [0.1, 0.15) is 17.5 Å². The van der Waals surface area contributed by atoms with Gasteiger partial charge in [-0.1, -0.05) is 17.7 Å². The molecule has 2 aromatic carbocycles. The van der Waals surface area contributed by atoms with Crippen LogP contribution in [0.1, 0.15) is 17.2 Å². The molecule has 0 radical (unpaired) electrons. The van der Waals surface area contributed by atoms with Crippen molar-refractivity contribution < 1.29 is 13.2 Å². The van der Waals surface area contributed by atoms with E-state index in [0.29, 0.717) is 11.1 Å². The topological polar surface area (TPSA) is 26.0 Å². The first-order valence-electron chi connectivity index (χ1n) is 5.14. The molecule has 2 N–H and O–H groups in total. The summed E-state index contributed by atoms with van der Waals surface area (Å²) in [5, 5.41) is 0.296. The number of nitrogens with two attached hydrogens (primary N) is 1. The average molecular weight is 272 g/mol. The lowest BCUT2D eigenvalue weighted by Gasteiger charge is -2.14. The fourth-order valence-corrected chi connectivity index (χ4v) is 1.85. The Morgan fingerprint density at radius 1 is 0.889 bits per heavy atom. The van der Waals surface area contributed by atoms with Crippen molar-refractivity contribution in [3.05, 3.63) is 70.0 Å². The molecule has 0 saturated carbocycles. The highest BCUT2D eigenvalue weighted by atomic mass is 35.5. The van der Waals surface area contributed by atoms with Crippen LogP contribution in [0, 0.1) is 17.5 Å². The number of halogens is 4. The van der Waals surface area contributed by atoms with Crippen LogP contribution in [0.3, 0.4) is 0 Å². The van der Waals surface area contributed by atoms with Gasteiger partial charge in [-0.2, -0.15) is 0 Å². The number of rotatable bonds is 2. The SMILES string of the molecule is NC(c1ccc(F)cc1F)c1cc(Cl)ccc1F. The van der Waals surface area contributed by atoms with E-state index in [-0.39, 0.29) is 11.1 Å². The van der Waals surface area contributed by atoms with E-state index in [0.717, 1.165) is 12.1 Å². The highest BCUT2D eigenvalue weighted by Crippen LogP contribution is 2.26. The van der Waals surface area contributed by atoms with E-state index < -0.39 is 23.5 Å². The Labute approximate surface area is 107 Å². The molecule has 0 aliphatic carbocycles. The van der Waals surface area contributed by atoms with Gasteiger partial charge in [0.25, 0.3) is 0 Å². The van der Waals surface area contributed by atoms with Crippen LogP contribution < -0.4 is 5.73 Å². The summed E-state index contributed by atoms with van der Waals surface area (Å²) in [5.74, 6) is -2.12. The maximum atomic E-state index is 13.6. The van der Waals surface area contributed by atoms with Gasteiger partial charge in [-0.05, 0) is 24.3 Å². The summed E-state index contributed by atoms with van der Waals surface area (Å²) in [4.78, 5) is 0. The van der Waals surface area contributed by atoms with Gasteiger partial charge in [-0.3, -0.25) is 0 Å². The largest absolute Gasteiger partial charge is 0.320 e. The van der Waals surface area contributed by atoms with Gasteiger partial charge in [0.15, 0.2) is 0 Å². The molecule has 2 rings (SSSR count). The van der Waals surface area contributed by atoms with E-state index in [1.165, 1.54) is 18.2 Å². The zero-order valence-electron chi connectivity index (χ0n) is 9.13. The van der Waals surface area contributed by atoms with Crippen molar-refractivity contribution >= 4 is 11.6 Å². The van der Waals surface area contributed by atoms with Gasteiger partial charge >= 0.3 is 0 Å². The maximum absolute atomic E-state index is 13.6. The average Bonchev–Trinajstić information content (AvgIpc) is 2.31. The third-order valence-corrected chi connectivity index (χ3v) is 2.83. The van der Waals surface area contributed by atoms with Gasteiger partial charge in [-0.25, -0.2) is 13.2 Å². The molecule has 0 amide bonds. The second kappa shape index (κ2) is 5.00. The van der Waals surface area contributed by atoms with Crippen molar-refractivity contribution in [1.29, 1.82) is 0 Å². The minimum atomic E-state index is -1.04. The van der Waals surface area contributed by atoms with Crippen molar-refractivity contribution in [3.8, 4) is 0 Å². The molecule has 5 heteroatoms. The molecule has 0 fully saturated rings. The molecule has 0 aliphatic rings. The second-order valence-corrected chi connectivity index (χ2v) is 4.25. The zero-order valence-corrected chi connectivity index (χ0v) is 9.89. The molecule has 18 heavy (non-hydrogen) atoms. The second-order valence-electron chi connectivity index (χ2n) is 3.81. The van der Waals surface area contributed by atoms with Crippen LogP contribution in [-0.4, -0.2) is 0 Å². The van der Waals surface area contributed by atoms with Crippen LogP contribution in [0.25, 0.3) is 0 Å². The van der Waals surface area contributed by atoms with Gasteiger partial charge in [0.05, 0.1) is 6.04 Å². The number of benzene rings is 2. The molecule has 0 spiro atoms. The molecule has 0 aromatic heterocycles. The maximum Gasteiger partial charge on any atom is 0.131 e. The van der Waals surface area contributed by atoms with Gasteiger partial charge in [0.2, 0.25) is 0 Å². The lowest BCUT2D eigenvalue weighted by atomic mass is 9.98. The Kier molecular flexibility index (Phi) is 3.59. The predicted molar refractivity (Wildman–Crippen MR) is 63.8 cm³/mol. The van der Waals surface area contributed by atoms with Gasteiger partial charge in [-0.15, -0.1) is 0 Å². The van der Waals surface area contributed by atoms with Gasteiger partial charge < -0.3 is 5.73 Å². The third kappa shape index (κ3) is 2.49. The minimum absolute atomic E-state index is 0.0116. The summed E-state index contributed by atoms with van der Waals surface area (Å²) in [6, 6.07) is 5.77. The van der Waals surface area contributed by atoms with Crippen LogP contribution in [0.15, 0.2) is 36.4 Å². The van der Waals surface area contributed by atoms with E-state index in [4.69, 9.17) is 17.3 Å². The van der Waals surface area contributed by atoms with Crippen molar-refractivity contribution in [1.82, 2.24) is 0 Å². The smallest absolute Gasteiger partial charge is 0.131 e. The zero-order chi connectivity index (χ0) is 13.3. The normalized spacial score (nSPS) is 12.5. The van der Waals surface area contributed by atoms with Gasteiger partial charge in [0, 0.05) is 22.2 Å². The molecule has 0 bridgehead atoms. The molecule has 0 heterocycles. The van der Waals surface area contributed by atoms with E-state index in [1.54, 1.807) is 0 Å². The fourth-order valence-electron chi connectivity index (χ4n) is 1.67. The molecular weight excluding hydrogens is 263 g/mol. The van der Waals surface area contributed by atoms with Crippen LogP contribution in [0.2, 0.25) is 5.02 Å². The fraction of sp³-hybridized carbons (Fsp3) is 0.0769. The van der Waals surface area contributed by atoms with Crippen molar-refractivity contribution in [2.45, 2.75) is 6.04 Å². The first-order chi connectivity index (χ1) is 8.49. The van der Waals surface area contributed by atoms with Crippen molar-refractivity contribution in [3.63, 3.8) is 0 Å². The van der Waals surface area contributed by atoms with E-state index in [9.17, 15) is 13.2 Å². The quantitative estimate of drug-likeness (QED) is 0.883. The summed E-state index contributed by atoms with van der Waals surface area (Å²) in [6.07, 6.45) is 0. The molecule has 1 atom stereocenters. The molecule has 0 aliphatic heterocycles. The summed E-state index contributed by atoms with van der Waals surface area (Å²) in [6.45, 7) is 0. The third-order valence-electron chi connectivity index (χ3n) is 2.59. The lowest BCUT2D eigenvalue weighted by Crippen LogP contribution is -2.15. The predicted octanol–water partition coefficient (Wildman–Crippen LogP) is 3.81. The highest BCUT2D eigenvalue weighted by molar-refractivity contribution is 6.30. The Morgan fingerprint density at radius 2 is 1.61 bits per heavy atom. The highest BCUT2D eigenvalue weighted by Gasteiger charge is 2.18. The van der Waals surface area contributed by atoms with Crippen LogP contribution in [-0.2, 0) is 0 Å². The molecule has 1 nitrogen and oxygen atoms in total. The summed E-state index contributed by atoms with van der Waals surface area (Å²) in [5.41, 5.74) is 5.85. The van der Waals surface area contributed by atoms with Crippen LogP contribution >= 0.6 is 11.6 Å².